The number of hydrogen-bond donors (Lipinski definition) is 1. The van der Waals surface area contributed by atoms with Gasteiger partial charge in [-0.25, -0.2) is 4.79 Å². The monoisotopic (exact) mass is 311 g/mol. The van der Waals surface area contributed by atoms with Gasteiger partial charge in [0.15, 0.2) is 0 Å². The number of amides is 1. The number of hydrogen-bond acceptors (Lipinski definition) is 3. The second-order valence-electron chi connectivity index (χ2n) is 5.17. The molecule has 1 fully saturated rings. The van der Waals surface area contributed by atoms with Crippen LogP contribution in [-0.2, 0) is 4.79 Å². The van der Waals surface area contributed by atoms with Crippen molar-refractivity contribution >= 4 is 45.8 Å². The molecule has 20 heavy (non-hydrogen) atoms. The van der Waals surface area contributed by atoms with Crippen LogP contribution < -0.4 is 10.9 Å². The lowest BCUT2D eigenvalue weighted by molar-refractivity contribution is -0.120. The van der Waals surface area contributed by atoms with Crippen LogP contribution in [0.3, 0.4) is 0 Å². The maximum Gasteiger partial charge on any atom is 0.336 e. The minimum absolute atomic E-state index is 0.223. The zero-order valence-electron chi connectivity index (χ0n) is 10.6. The van der Waals surface area contributed by atoms with Crippen molar-refractivity contribution in [3.63, 3.8) is 0 Å². The summed E-state index contributed by atoms with van der Waals surface area (Å²) < 4.78 is 4.02. The van der Waals surface area contributed by atoms with Gasteiger partial charge < -0.3 is 9.73 Å². The van der Waals surface area contributed by atoms with Gasteiger partial charge in [0.2, 0.25) is 5.91 Å². The van der Waals surface area contributed by atoms with Crippen LogP contribution in [0.1, 0.15) is 13.3 Å². The molecule has 1 aromatic heterocycles. The lowest BCUT2D eigenvalue weighted by atomic mass is 10.1. The number of anilines is 1. The highest BCUT2D eigenvalue weighted by Crippen LogP contribution is 2.64. The number of halogens is 2. The normalized spacial score (nSPS) is 23.6. The Labute approximate surface area is 124 Å². The standard InChI is InChI=1S/C14H11Cl2NO3/c1-13(7-14(13,15)16)12(19)17-9-3-4-10-8(6-9)2-5-11(18)20-10/h2-6H,7H2,1H3,(H,17,19). The van der Waals surface area contributed by atoms with Crippen LogP contribution in [0.5, 0.6) is 0 Å². The molecule has 0 spiro atoms. The summed E-state index contributed by atoms with van der Waals surface area (Å²) in [6.45, 7) is 1.72. The van der Waals surface area contributed by atoms with Gasteiger partial charge in [-0.1, -0.05) is 0 Å². The molecule has 1 heterocycles. The highest BCUT2D eigenvalue weighted by atomic mass is 35.5. The summed E-state index contributed by atoms with van der Waals surface area (Å²) in [4.78, 5) is 23.2. The van der Waals surface area contributed by atoms with Crippen LogP contribution in [0.4, 0.5) is 5.69 Å². The van der Waals surface area contributed by atoms with E-state index in [1.807, 2.05) is 0 Å². The third-order valence-electron chi connectivity index (χ3n) is 3.64. The molecule has 1 unspecified atom stereocenters. The smallest absolute Gasteiger partial charge is 0.336 e. The van der Waals surface area contributed by atoms with Gasteiger partial charge in [-0.2, -0.15) is 0 Å². The van der Waals surface area contributed by atoms with Gasteiger partial charge in [0.25, 0.3) is 0 Å². The van der Waals surface area contributed by atoms with Crippen molar-refractivity contribution < 1.29 is 9.21 Å². The molecule has 4 nitrogen and oxygen atoms in total. The van der Waals surface area contributed by atoms with Gasteiger partial charge >= 0.3 is 5.63 Å². The predicted molar refractivity (Wildman–Crippen MR) is 78.3 cm³/mol. The van der Waals surface area contributed by atoms with Crippen LogP contribution in [0, 0.1) is 5.41 Å². The van der Waals surface area contributed by atoms with E-state index < -0.39 is 15.4 Å². The Morgan fingerprint density at radius 2 is 2.00 bits per heavy atom. The second-order valence-corrected chi connectivity index (χ2v) is 6.66. The van der Waals surface area contributed by atoms with Crippen molar-refractivity contribution in [1.82, 2.24) is 0 Å². The molecule has 1 aliphatic rings. The van der Waals surface area contributed by atoms with E-state index in [-0.39, 0.29) is 5.91 Å². The Morgan fingerprint density at radius 3 is 2.65 bits per heavy atom. The summed E-state index contributed by atoms with van der Waals surface area (Å²) in [6, 6.07) is 8.00. The molecule has 2 aromatic rings. The molecule has 1 amide bonds. The van der Waals surface area contributed by atoms with Gasteiger partial charge in [0.05, 0.1) is 5.41 Å². The van der Waals surface area contributed by atoms with E-state index in [9.17, 15) is 9.59 Å². The first kappa shape index (κ1) is 13.5. The first-order valence-electron chi connectivity index (χ1n) is 6.05. The molecule has 6 heteroatoms. The van der Waals surface area contributed by atoms with E-state index >= 15 is 0 Å². The highest BCUT2D eigenvalue weighted by molar-refractivity contribution is 6.53. The Morgan fingerprint density at radius 1 is 1.30 bits per heavy atom. The zero-order chi connectivity index (χ0) is 14.5. The maximum atomic E-state index is 12.1. The fraction of sp³-hybridized carbons (Fsp3) is 0.286. The number of benzene rings is 1. The Hall–Kier alpha value is -1.52. The predicted octanol–water partition coefficient (Wildman–Crippen LogP) is 3.32. The van der Waals surface area contributed by atoms with E-state index in [0.717, 1.165) is 5.39 Å². The first-order chi connectivity index (χ1) is 9.32. The van der Waals surface area contributed by atoms with Crippen LogP contribution in [0.2, 0.25) is 0 Å². The molecule has 1 atom stereocenters. The fourth-order valence-electron chi connectivity index (χ4n) is 2.06. The summed E-state index contributed by atoms with van der Waals surface area (Å²) in [6.07, 6.45) is 0.428. The molecular weight excluding hydrogens is 301 g/mol. The van der Waals surface area contributed by atoms with Crippen LogP contribution in [0.25, 0.3) is 11.0 Å². The number of alkyl halides is 2. The van der Waals surface area contributed by atoms with E-state index in [2.05, 4.69) is 5.32 Å². The van der Waals surface area contributed by atoms with Crippen LogP contribution >= 0.6 is 23.2 Å². The molecule has 0 aliphatic heterocycles. The summed E-state index contributed by atoms with van der Waals surface area (Å²) in [7, 11) is 0. The average Bonchev–Trinajstić information content (AvgIpc) is 2.90. The van der Waals surface area contributed by atoms with Gasteiger partial charge in [-0.15, -0.1) is 23.2 Å². The molecule has 1 aliphatic carbocycles. The summed E-state index contributed by atoms with van der Waals surface area (Å²) in [5.74, 6) is -0.223. The second kappa shape index (κ2) is 4.24. The number of carbonyl (C=O) groups is 1. The number of carbonyl (C=O) groups excluding carboxylic acids is 1. The van der Waals surface area contributed by atoms with Gasteiger partial charge in [-0.05, 0) is 37.6 Å². The zero-order valence-corrected chi connectivity index (χ0v) is 12.1. The van der Waals surface area contributed by atoms with Gasteiger partial charge in [0.1, 0.15) is 9.92 Å². The Balaban J connectivity index is 1.87. The molecule has 1 aromatic carbocycles. The van der Waals surface area contributed by atoms with Crippen molar-refractivity contribution in [3.05, 3.63) is 40.8 Å². The molecule has 1 N–H and O–H groups in total. The van der Waals surface area contributed by atoms with Crippen molar-refractivity contribution in [2.24, 2.45) is 5.41 Å². The molecule has 0 radical (unpaired) electrons. The lowest BCUT2D eigenvalue weighted by Gasteiger charge is -2.12. The number of fused-ring (bicyclic) bond motifs is 1. The van der Waals surface area contributed by atoms with Gasteiger partial charge in [-0.3, -0.25) is 4.79 Å². The average molecular weight is 312 g/mol. The molecule has 3 rings (SSSR count). The topological polar surface area (TPSA) is 59.3 Å². The first-order valence-corrected chi connectivity index (χ1v) is 6.81. The SMILES string of the molecule is CC1(C(=O)Nc2ccc3oc(=O)ccc3c2)CC1(Cl)Cl. The third kappa shape index (κ3) is 2.09. The molecule has 1 saturated carbocycles. The minimum Gasteiger partial charge on any atom is -0.423 e. The number of nitrogens with one attached hydrogen (secondary N) is 1. The largest absolute Gasteiger partial charge is 0.423 e. The van der Waals surface area contributed by atoms with Crippen molar-refractivity contribution in [2.45, 2.75) is 17.7 Å². The van der Waals surface area contributed by atoms with E-state index in [1.165, 1.54) is 6.07 Å². The van der Waals surface area contributed by atoms with E-state index in [0.29, 0.717) is 17.7 Å². The quantitative estimate of drug-likeness (QED) is 0.683. The van der Waals surface area contributed by atoms with Crippen molar-refractivity contribution in [3.8, 4) is 0 Å². The Kier molecular flexibility index (Phi) is 2.85. The third-order valence-corrected chi connectivity index (χ3v) is 4.74. The lowest BCUT2D eigenvalue weighted by Crippen LogP contribution is -2.25. The van der Waals surface area contributed by atoms with E-state index in [1.54, 1.807) is 31.2 Å². The molecular formula is C14H11Cl2NO3. The van der Waals surface area contributed by atoms with Gasteiger partial charge in [0, 0.05) is 17.1 Å². The van der Waals surface area contributed by atoms with Crippen molar-refractivity contribution in [1.29, 1.82) is 0 Å². The number of rotatable bonds is 2. The summed E-state index contributed by atoms with van der Waals surface area (Å²) in [5.41, 5.74) is -0.103. The van der Waals surface area contributed by atoms with Crippen LogP contribution in [0.15, 0.2) is 39.5 Å². The van der Waals surface area contributed by atoms with E-state index in [4.69, 9.17) is 27.6 Å². The molecule has 104 valence electrons. The fourth-order valence-corrected chi connectivity index (χ4v) is 2.77. The summed E-state index contributed by atoms with van der Waals surface area (Å²) >= 11 is 12.0. The highest BCUT2D eigenvalue weighted by Gasteiger charge is 2.67. The molecule has 0 bridgehead atoms. The van der Waals surface area contributed by atoms with Crippen LogP contribution in [-0.4, -0.2) is 10.2 Å². The summed E-state index contributed by atoms with van der Waals surface area (Å²) in [5, 5.41) is 3.51. The minimum atomic E-state index is -0.999. The Bertz CT molecular complexity index is 768. The van der Waals surface area contributed by atoms with Crippen molar-refractivity contribution in [2.75, 3.05) is 5.32 Å². The maximum absolute atomic E-state index is 12.1. The molecule has 0 saturated heterocycles.